The van der Waals surface area contributed by atoms with Crippen LogP contribution in [0.15, 0.2) is 53.6 Å². The highest BCUT2D eigenvalue weighted by atomic mass is 32.2. The van der Waals surface area contributed by atoms with Gasteiger partial charge in [-0.1, -0.05) is 35.9 Å². The Labute approximate surface area is 176 Å². The predicted molar refractivity (Wildman–Crippen MR) is 117 cm³/mol. The highest BCUT2D eigenvalue weighted by Crippen LogP contribution is 2.42. The minimum Gasteiger partial charge on any atom is -0.493 e. The number of carboxylic acid groups (broad SMARTS) is 1. The zero-order valence-corrected chi connectivity index (χ0v) is 17.7. The van der Waals surface area contributed by atoms with Crippen molar-refractivity contribution in [1.82, 2.24) is 4.90 Å². The summed E-state index contributed by atoms with van der Waals surface area (Å²) in [5.74, 6) is 0.298. The Morgan fingerprint density at radius 2 is 2.03 bits per heavy atom. The monoisotopic (exact) mass is 409 g/mol. The van der Waals surface area contributed by atoms with E-state index in [0.717, 1.165) is 25.0 Å². The number of aryl methyl sites for hydroxylation is 2. The number of hydrogen-bond donors (Lipinski definition) is 1. The lowest BCUT2D eigenvalue weighted by atomic mass is 9.98. The molecule has 1 unspecified atom stereocenters. The molecule has 2 atom stereocenters. The van der Waals surface area contributed by atoms with Gasteiger partial charge in [-0.3, -0.25) is 4.79 Å². The maximum absolute atomic E-state index is 11.0. The van der Waals surface area contributed by atoms with Crippen LogP contribution < -0.4 is 4.74 Å². The van der Waals surface area contributed by atoms with Gasteiger partial charge in [0.05, 0.1) is 13.0 Å². The second kappa shape index (κ2) is 8.54. The molecule has 1 heterocycles. The largest absolute Gasteiger partial charge is 0.493 e. The average Bonchev–Trinajstić information content (AvgIpc) is 3.26. The summed E-state index contributed by atoms with van der Waals surface area (Å²) in [5.41, 5.74) is 6.31. The van der Waals surface area contributed by atoms with Crippen LogP contribution in [-0.2, 0) is 11.2 Å². The van der Waals surface area contributed by atoms with Gasteiger partial charge in [0.15, 0.2) is 0 Å². The molecule has 1 N–H and O–H groups in total. The van der Waals surface area contributed by atoms with Gasteiger partial charge in [0.1, 0.15) is 11.1 Å². The highest BCUT2D eigenvalue weighted by molar-refractivity contribution is 8.02. The zero-order valence-electron chi connectivity index (χ0n) is 16.9. The molecule has 0 bridgehead atoms. The first-order valence-electron chi connectivity index (χ1n) is 10.1. The van der Waals surface area contributed by atoms with Crippen molar-refractivity contribution in [2.24, 2.45) is 0 Å². The normalized spacial score (nSPS) is 20.5. The molecule has 152 valence electrons. The van der Waals surface area contributed by atoms with E-state index in [9.17, 15) is 4.79 Å². The van der Waals surface area contributed by atoms with Crippen LogP contribution in [0.3, 0.4) is 0 Å². The summed E-state index contributed by atoms with van der Waals surface area (Å²) in [4.78, 5) is 13.3. The fourth-order valence-corrected chi connectivity index (χ4v) is 5.41. The van der Waals surface area contributed by atoms with E-state index in [1.165, 1.54) is 28.0 Å². The Morgan fingerprint density at radius 1 is 1.24 bits per heavy atom. The lowest BCUT2D eigenvalue weighted by Gasteiger charge is -2.25. The number of benzene rings is 2. The van der Waals surface area contributed by atoms with Gasteiger partial charge in [-0.2, -0.15) is 0 Å². The second-order valence-electron chi connectivity index (χ2n) is 7.91. The molecule has 1 aliphatic carbocycles. The summed E-state index contributed by atoms with van der Waals surface area (Å²) >= 11 is 1.85. The van der Waals surface area contributed by atoms with Crippen molar-refractivity contribution in [2.45, 2.75) is 43.9 Å². The Kier molecular flexibility index (Phi) is 5.86. The lowest BCUT2D eigenvalue weighted by Crippen LogP contribution is -2.18. The van der Waals surface area contributed by atoms with Gasteiger partial charge in [-0.05, 0) is 59.9 Å². The van der Waals surface area contributed by atoms with E-state index < -0.39 is 5.97 Å². The minimum absolute atomic E-state index is 0.143. The Balaban J connectivity index is 1.31. The van der Waals surface area contributed by atoms with Crippen LogP contribution in [0.1, 0.15) is 52.8 Å². The summed E-state index contributed by atoms with van der Waals surface area (Å²) in [6.45, 7) is 2.75. The van der Waals surface area contributed by atoms with Crippen molar-refractivity contribution in [3.8, 4) is 5.75 Å². The van der Waals surface area contributed by atoms with Gasteiger partial charge in [-0.15, -0.1) is 11.8 Å². The van der Waals surface area contributed by atoms with Gasteiger partial charge in [-0.25, -0.2) is 0 Å². The number of ether oxygens (including phenoxy) is 1. The molecule has 2 aromatic carbocycles. The molecule has 0 fully saturated rings. The average molecular weight is 410 g/mol. The van der Waals surface area contributed by atoms with E-state index in [-0.39, 0.29) is 12.3 Å². The number of carbonyl (C=O) groups is 1. The Bertz CT molecular complexity index is 922. The van der Waals surface area contributed by atoms with Crippen LogP contribution in [0.25, 0.3) is 0 Å². The summed E-state index contributed by atoms with van der Waals surface area (Å²) in [7, 11) is 2.15. The SMILES string of the molecule is Cc1ccc(C2SC=C(CCOc3ccc4c(c3)CC[C@H]4CC(=O)O)N2C)cc1. The molecule has 0 saturated carbocycles. The van der Waals surface area contributed by atoms with Gasteiger partial charge in [0.2, 0.25) is 0 Å². The van der Waals surface area contributed by atoms with Crippen molar-refractivity contribution in [2.75, 3.05) is 13.7 Å². The van der Waals surface area contributed by atoms with Crippen LogP contribution >= 0.6 is 11.8 Å². The first-order chi connectivity index (χ1) is 14.0. The first kappa shape index (κ1) is 19.9. The topological polar surface area (TPSA) is 49.8 Å². The molecule has 5 heteroatoms. The fraction of sp³-hybridized carbons (Fsp3) is 0.375. The van der Waals surface area contributed by atoms with Crippen LogP contribution in [-0.4, -0.2) is 29.6 Å². The van der Waals surface area contributed by atoms with Crippen molar-refractivity contribution < 1.29 is 14.6 Å². The van der Waals surface area contributed by atoms with Crippen LogP contribution in [0.5, 0.6) is 5.75 Å². The molecular weight excluding hydrogens is 382 g/mol. The van der Waals surface area contributed by atoms with Crippen molar-refractivity contribution in [1.29, 1.82) is 0 Å². The third-order valence-electron chi connectivity index (χ3n) is 5.86. The molecule has 2 aliphatic rings. The third kappa shape index (κ3) is 4.45. The number of carboxylic acids is 1. The lowest BCUT2D eigenvalue weighted by molar-refractivity contribution is -0.137. The van der Waals surface area contributed by atoms with E-state index in [2.05, 4.69) is 60.7 Å². The molecule has 0 amide bonds. The molecule has 0 radical (unpaired) electrons. The molecule has 0 spiro atoms. The summed E-state index contributed by atoms with van der Waals surface area (Å²) in [6, 6.07) is 14.9. The van der Waals surface area contributed by atoms with Gasteiger partial charge in [0, 0.05) is 19.2 Å². The fourth-order valence-electron chi connectivity index (χ4n) is 4.20. The predicted octanol–water partition coefficient (Wildman–Crippen LogP) is 5.49. The summed E-state index contributed by atoms with van der Waals surface area (Å²) in [5, 5.41) is 11.6. The number of nitrogens with zero attached hydrogens (tertiary/aromatic N) is 1. The van der Waals surface area contributed by atoms with Crippen LogP contribution in [0.4, 0.5) is 0 Å². The summed E-state index contributed by atoms with van der Waals surface area (Å²) in [6.07, 6.45) is 2.94. The minimum atomic E-state index is -0.723. The summed E-state index contributed by atoms with van der Waals surface area (Å²) < 4.78 is 6.02. The maximum atomic E-state index is 11.0. The van der Waals surface area contributed by atoms with E-state index in [1.54, 1.807) is 0 Å². The Morgan fingerprint density at radius 3 is 2.79 bits per heavy atom. The van der Waals surface area contributed by atoms with Crippen molar-refractivity contribution >= 4 is 17.7 Å². The molecule has 2 aromatic rings. The standard InChI is InChI=1S/C24H27NO3S/c1-16-3-5-17(6-4-16)24-25(2)20(15-29-24)11-12-28-21-9-10-22-18(13-21)7-8-19(22)14-23(26)27/h3-6,9-10,13,15,19,24H,7-8,11-12,14H2,1-2H3,(H,26,27)/t19-,24?/m0/s1. The molecule has 4 nitrogen and oxygen atoms in total. The molecule has 1 aliphatic heterocycles. The smallest absolute Gasteiger partial charge is 0.303 e. The van der Waals surface area contributed by atoms with E-state index in [0.29, 0.717) is 12.0 Å². The highest BCUT2D eigenvalue weighted by Gasteiger charge is 2.26. The van der Waals surface area contributed by atoms with Gasteiger partial charge in [0.25, 0.3) is 0 Å². The molecule has 4 rings (SSSR count). The van der Waals surface area contributed by atoms with Crippen molar-refractivity contribution in [3.05, 3.63) is 75.8 Å². The first-order valence-corrected chi connectivity index (χ1v) is 11.1. The van der Waals surface area contributed by atoms with Crippen LogP contribution in [0, 0.1) is 6.92 Å². The third-order valence-corrected chi connectivity index (χ3v) is 7.12. The molecule has 0 saturated heterocycles. The molecule has 29 heavy (non-hydrogen) atoms. The Hall–Kier alpha value is -2.40. The number of hydrogen-bond acceptors (Lipinski definition) is 4. The number of rotatable bonds is 7. The molecular formula is C24H27NO3S. The second-order valence-corrected chi connectivity index (χ2v) is 8.87. The van der Waals surface area contributed by atoms with E-state index in [1.807, 2.05) is 17.8 Å². The van der Waals surface area contributed by atoms with Gasteiger partial charge >= 0.3 is 5.97 Å². The van der Waals surface area contributed by atoms with Gasteiger partial charge < -0.3 is 14.7 Å². The van der Waals surface area contributed by atoms with E-state index >= 15 is 0 Å². The number of aliphatic carboxylic acids is 1. The van der Waals surface area contributed by atoms with Crippen LogP contribution in [0.2, 0.25) is 0 Å². The quantitative estimate of drug-likeness (QED) is 0.655. The van der Waals surface area contributed by atoms with E-state index in [4.69, 9.17) is 9.84 Å². The zero-order chi connectivity index (χ0) is 20.4. The maximum Gasteiger partial charge on any atom is 0.303 e. The molecule has 0 aromatic heterocycles. The number of thioether (sulfide) groups is 1. The number of fused-ring (bicyclic) bond motifs is 1. The van der Waals surface area contributed by atoms with Crippen molar-refractivity contribution in [3.63, 3.8) is 0 Å².